The van der Waals surface area contributed by atoms with Crippen LogP contribution in [0.15, 0.2) is 65.7 Å². The van der Waals surface area contributed by atoms with E-state index in [0.29, 0.717) is 11.3 Å². The van der Waals surface area contributed by atoms with Crippen molar-refractivity contribution in [1.82, 2.24) is 4.98 Å². The minimum atomic E-state index is -1.14. The van der Waals surface area contributed by atoms with Gasteiger partial charge in [0.2, 0.25) is 0 Å². The molecule has 1 fully saturated rings. The molecule has 158 valence electrons. The summed E-state index contributed by atoms with van der Waals surface area (Å²) in [6, 6.07) is 11.2. The molecule has 1 unspecified atom stereocenters. The smallest absolute Gasteiger partial charge is 0.301 e. The lowest BCUT2D eigenvalue weighted by atomic mass is 9.95. The van der Waals surface area contributed by atoms with E-state index in [0.717, 1.165) is 16.2 Å². The standard InChI is InChI=1S/C23H19FN2O4S/c1-13(2)30-15-9-7-14(8-10-15)20(27)18-19(16-5-3-4-6-17(16)24)26(22(29)21(18)28)23-25-11-12-31-23/h3-13,19,27H,1-2H3/b20-18+. The first-order chi connectivity index (χ1) is 14.9. The van der Waals surface area contributed by atoms with Crippen molar-refractivity contribution in [2.24, 2.45) is 0 Å². The molecular weight excluding hydrogens is 419 g/mol. The minimum absolute atomic E-state index is 0.0240. The Morgan fingerprint density at radius 3 is 2.48 bits per heavy atom. The summed E-state index contributed by atoms with van der Waals surface area (Å²) in [5.74, 6) is -2.15. The number of aromatic nitrogens is 1. The molecule has 1 saturated heterocycles. The number of halogens is 1. The number of ether oxygens (including phenoxy) is 1. The van der Waals surface area contributed by atoms with Gasteiger partial charge in [-0.15, -0.1) is 11.3 Å². The molecule has 1 aromatic heterocycles. The van der Waals surface area contributed by atoms with Gasteiger partial charge in [-0.2, -0.15) is 0 Å². The number of hydrogen-bond acceptors (Lipinski definition) is 6. The summed E-state index contributed by atoms with van der Waals surface area (Å²) >= 11 is 1.15. The molecule has 8 heteroatoms. The van der Waals surface area contributed by atoms with Gasteiger partial charge in [-0.1, -0.05) is 18.2 Å². The molecule has 4 rings (SSSR count). The monoisotopic (exact) mass is 438 g/mol. The molecule has 1 atom stereocenters. The van der Waals surface area contributed by atoms with Crippen molar-refractivity contribution in [3.63, 3.8) is 0 Å². The zero-order valence-electron chi connectivity index (χ0n) is 16.8. The van der Waals surface area contributed by atoms with Crippen LogP contribution < -0.4 is 9.64 Å². The van der Waals surface area contributed by atoms with Gasteiger partial charge in [-0.25, -0.2) is 9.37 Å². The maximum absolute atomic E-state index is 14.7. The molecule has 1 aliphatic heterocycles. The third-order valence-corrected chi connectivity index (χ3v) is 5.54. The van der Waals surface area contributed by atoms with E-state index in [1.807, 2.05) is 13.8 Å². The summed E-state index contributed by atoms with van der Waals surface area (Å²) in [5, 5.41) is 12.9. The highest BCUT2D eigenvalue weighted by Gasteiger charge is 2.48. The molecule has 0 spiro atoms. The molecule has 6 nitrogen and oxygen atoms in total. The fourth-order valence-corrected chi connectivity index (χ4v) is 4.14. The number of carbonyl (C=O) groups is 2. The van der Waals surface area contributed by atoms with E-state index < -0.39 is 23.5 Å². The first-order valence-corrected chi connectivity index (χ1v) is 10.5. The Balaban J connectivity index is 1.87. The number of nitrogens with zero attached hydrogens (tertiary/aromatic N) is 2. The topological polar surface area (TPSA) is 79.7 Å². The number of amides is 1. The highest BCUT2D eigenvalue weighted by molar-refractivity contribution is 7.14. The molecule has 0 aliphatic carbocycles. The fraction of sp³-hybridized carbons (Fsp3) is 0.174. The molecule has 0 saturated carbocycles. The van der Waals surface area contributed by atoms with Crippen molar-refractivity contribution in [1.29, 1.82) is 0 Å². The van der Waals surface area contributed by atoms with E-state index in [9.17, 15) is 19.1 Å². The first kappa shape index (κ1) is 20.7. The van der Waals surface area contributed by atoms with Crippen LogP contribution in [0.3, 0.4) is 0 Å². The second kappa shape index (κ2) is 8.31. The summed E-state index contributed by atoms with van der Waals surface area (Å²) in [5.41, 5.74) is 0.218. The van der Waals surface area contributed by atoms with Gasteiger partial charge in [0, 0.05) is 22.7 Å². The molecule has 1 N–H and O–H groups in total. The van der Waals surface area contributed by atoms with E-state index in [4.69, 9.17) is 4.74 Å². The molecule has 0 radical (unpaired) electrons. The number of benzene rings is 2. The quantitative estimate of drug-likeness (QED) is 0.355. The largest absolute Gasteiger partial charge is 0.507 e. The Labute approximate surface area is 182 Å². The van der Waals surface area contributed by atoms with Gasteiger partial charge in [-0.3, -0.25) is 14.5 Å². The number of aliphatic hydroxyl groups excluding tert-OH is 1. The van der Waals surface area contributed by atoms with Crippen LogP contribution in [-0.4, -0.2) is 27.9 Å². The third-order valence-electron chi connectivity index (χ3n) is 4.77. The van der Waals surface area contributed by atoms with Crippen molar-refractivity contribution in [2.75, 3.05) is 4.90 Å². The summed E-state index contributed by atoms with van der Waals surface area (Å²) in [7, 11) is 0. The highest BCUT2D eigenvalue weighted by atomic mass is 32.1. The van der Waals surface area contributed by atoms with Gasteiger partial charge in [0.15, 0.2) is 5.13 Å². The number of anilines is 1. The van der Waals surface area contributed by atoms with Crippen LogP contribution in [0.4, 0.5) is 9.52 Å². The van der Waals surface area contributed by atoms with Crippen molar-refractivity contribution in [3.05, 3.63) is 82.6 Å². The molecular formula is C23H19FN2O4S. The normalized spacial score (nSPS) is 18.1. The van der Waals surface area contributed by atoms with Gasteiger partial charge in [0.05, 0.1) is 11.7 Å². The number of hydrogen-bond donors (Lipinski definition) is 1. The average molecular weight is 438 g/mol. The van der Waals surface area contributed by atoms with Gasteiger partial charge < -0.3 is 9.84 Å². The average Bonchev–Trinajstić information content (AvgIpc) is 3.35. The van der Waals surface area contributed by atoms with Crippen LogP contribution in [0, 0.1) is 5.82 Å². The number of aliphatic hydroxyl groups is 1. The number of rotatable bonds is 5. The Morgan fingerprint density at radius 1 is 1.16 bits per heavy atom. The van der Waals surface area contributed by atoms with Crippen LogP contribution >= 0.6 is 11.3 Å². The highest BCUT2D eigenvalue weighted by Crippen LogP contribution is 2.43. The molecule has 1 aliphatic rings. The van der Waals surface area contributed by atoms with Crippen molar-refractivity contribution < 1.29 is 23.8 Å². The summed E-state index contributed by atoms with van der Waals surface area (Å²) in [4.78, 5) is 31.1. The summed E-state index contributed by atoms with van der Waals surface area (Å²) in [6.45, 7) is 3.78. The number of thiazole rings is 1. The fourth-order valence-electron chi connectivity index (χ4n) is 3.47. The predicted molar refractivity (Wildman–Crippen MR) is 116 cm³/mol. The first-order valence-electron chi connectivity index (χ1n) is 9.60. The second-order valence-corrected chi connectivity index (χ2v) is 8.07. The van der Waals surface area contributed by atoms with E-state index in [1.165, 1.54) is 24.4 Å². The maximum Gasteiger partial charge on any atom is 0.301 e. The van der Waals surface area contributed by atoms with Crippen molar-refractivity contribution >= 4 is 33.9 Å². The summed E-state index contributed by atoms with van der Waals surface area (Å²) in [6.07, 6.45) is 1.47. The lowest BCUT2D eigenvalue weighted by Gasteiger charge is -2.23. The van der Waals surface area contributed by atoms with E-state index >= 15 is 0 Å². The zero-order chi connectivity index (χ0) is 22.1. The number of Topliss-reactive ketones (excluding diaryl/α,β-unsaturated/α-hetero) is 1. The molecule has 2 heterocycles. The lowest BCUT2D eigenvalue weighted by Crippen LogP contribution is -2.29. The third kappa shape index (κ3) is 3.82. The van der Waals surface area contributed by atoms with Gasteiger partial charge in [0.1, 0.15) is 23.4 Å². The Kier molecular flexibility index (Phi) is 5.56. The van der Waals surface area contributed by atoms with Crippen LogP contribution in [0.5, 0.6) is 5.75 Å². The number of carbonyl (C=O) groups excluding carboxylic acids is 2. The Bertz CT molecular complexity index is 1160. The van der Waals surface area contributed by atoms with Crippen LogP contribution in [0.2, 0.25) is 0 Å². The van der Waals surface area contributed by atoms with Gasteiger partial charge >= 0.3 is 5.91 Å². The molecule has 1 amide bonds. The number of ketones is 1. The van der Waals surface area contributed by atoms with Gasteiger partial charge in [0.25, 0.3) is 5.78 Å². The maximum atomic E-state index is 14.7. The van der Waals surface area contributed by atoms with Crippen LogP contribution in [-0.2, 0) is 9.59 Å². The molecule has 0 bridgehead atoms. The summed E-state index contributed by atoms with van der Waals surface area (Å²) < 4.78 is 20.3. The Hall–Kier alpha value is -3.52. The minimum Gasteiger partial charge on any atom is -0.507 e. The molecule has 31 heavy (non-hydrogen) atoms. The SMILES string of the molecule is CC(C)Oc1ccc(/C(O)=C2\C(=O)C(=O)N(c3nccs3)C2c2ccccc2F)cc1. The van der Waals surface area contributed by atoms with E-state index in [-0.39, 0.29) is 28.1 Å². The van der Waals surface area contributed by atoms with Crippen LogP contribution in [0.1, 0.15) is 31.0 Å². The zero-order valence-corrected chi connectivity index (χ0v) is 17.6. The predicted octanol–water partition coefficient (Wildman–Crippen LogP) is 4.70. The van der Waals surface area contributed by atoms with Crippen molar-refractivity contribution in [3.8, 4) is 5.75 Å². The lowest BCUT2D eigenvalue weighted by molar-refractivity contribution is -0.132. The van der Waals surface area contributed by atoms with E-state index in [1.54, 1.807) is 35.7 Å². The van der Waals surface area contributed by atoms with Gasteiger partial charge in [-0.05, 0) is 44.2 Å². The van der Waals surface area contributed by atoms with E-state index in [2.05, 4.69) is 4.98 Å². The Morgan fingerprint density at radius 2 is 1.87 bits per heavy atom. The van der Waals surface area contributed by atoms with Crippen molar-refractivity contribution in [2.45, 2.75) is 26.0 Å². The molecule has 3 aromatic rings. The van der Waals surface area contributed by atoms with Crippen LogP contribution in [0.25, 0.3) is 5.76 Å². The second-order valence-electron chi connectivity index (χ2n) is 7.20. The molecule has 2 aromatic carbocycles.